The Morgan fingerprint density at radius 1 is 0.960 bits per heavy atom. The molecule has 2 nitrogen and oxygen atoms in total. The van der Waals surface area contributed by atoms with Gasteiger partial charge >= 0.3 is 0 Å². The van der Waals surface area contributed by atoms with Gasteiger partial charge in [-0.3, -0.25) is 4.40 Å². The number of nitrogens with zero attached hydrogens (tertiary/aromatic N) is 2. The molecule has 0 fully saturated rings. The van der Waals surface area contributed by atoms with E-state index >= 15 is 0 Å². The molecule has 2 heterocycles. The summed E-state index contributed by atoms with van der Waals surface area (Å²) in [6.45, 7) is 9.26. The van der Waals surface area contributed by atoms with Gasteiger partial charge in [0.1, 0.15) is 11.5 Å². The Morgan fingerprint density at radius 2 is 1.68 bits per heavy atom. The average molecular weight is 332 g/mol. The van der Waals surface area contributed by atoms with Crippen molar-refractivity contribution < 1.29 is 4.39 Å². The summed E-state index contributed by atoms with van der Waals surface area (Å²) in [6.07, 6.45) is 3.08. The zero-order chi connectivity index (χ0) is 17.6. The largest absolute Gasteiger partial charge is 0.299 e. The van der Waals surface area contributed by atoms with Crippen LogP contribution < -0.4 is 0 Å². The zero-order valence-electron chi connectivity index (χ0n) is 15.0. The Kier molecular flexibility index (Phi) is 2.62. The van der Waals surface area contributed by atoms with E-state index < -0.39 is 0 Å². The predicted octanol–water partition coefficient (Wildman–Crippen LogP) is 5.74. The molecule has 0 bridgehead atoms. The number of hydrogen-bond donors (Lipinski definition) is 0. The first-order valence-corrected chi connectivity index (χ1v) is 8.82. The Balaban J connectivity index is 1.93. The van der Waals surface area contributed by atoms with Crippen molar-refractivity contribution >= 4 is 27.5 Å². The molecule has 1 aliphatic carbocycles. The van der Waals surface area contributed by atoms with E-state index in [0.717, 1.165) is 28.5 Å². The minimum Gasteiger partial charge on any atom is -0.299 e. The fourth-order valence-corrected chi connectivity index (χ4v) is 4.95. The van der Waals surface area contributed by atoms with E-state index in [0.29, 0.717) is 5.39 Å². The lowest BCUT2D eigenvalue weighted by molar-refractivity contribution is 0.403. The normalized spacial score (nSPS) is 18.3. The lowest BCUT2D eigenvalue weighted by Gasteiger charge is -2.22. The molecule has 1 aliphatic rings. The molecule has 4 aromatic rings. The van der Waals surface area contributed by atoms with E-state index in [1.54, 1.807) is 6.07 Å². The van der Waals surface area contributed by atoms with Crippen molar-refractivity contribution in [1.82, 2.24) is 9.38 Å². The van der Waals surface area contributed by atoms with Crippen LogP contribution in [0.15, 0.2) is 42.6 Å². The summed E-state index contributed by atoms with van der Waals surface area (Å²) in [5.74, 6) is -0.197. The maximum absolute atomic E-state index is 14.1. The number of pyridine rings is 1. The van der Waals surface area contributed by atoms with Crippen molar-refractivity contribution in [3.63, 3.8) is 0 Å². The van der Waals surface area contributed by atoms with Crippen molar-refractivity contribution in [3.8, 4) is 0 Å². The standard InChI is InChI=1S/C22H21FN2/c1-21(2)12-22(3,4)16-11-19-18(10-15(16)21)24-20-14-6-5-7-17(23)13(14)8-9-25(19)20/h5-11H,12H2,1-4H3. The fraction of sp³-hybridized carbons (Fsp3) is 0.318. The maximum atomic E-state index is 14.1. The number of rotatable bonds is 0. The molecule has 2 aromatic heterocycles. The maximum Gasteiger partial charge on any atom is 0.145 e. The Morgan fingerprint density at radius 3 is 2.44 bits per heavy atom. The fourth-order valence-electron chi connectivity index (χ4n) is 4.95. The number of imidazole rings is 1. The van der Waals surface area contributed by atoms with E-state index in [1.165, 1.54) is 17.2 Å². The molecule has 3 heteroatoms. The summed E-state index contributed by atoms with van der Waals surface area (Å²) in [4.78, 5) is 4.87. The number of hydrogen-bond acceptors (Lipinski definition) is 1. The molecule has 0 radical (unpaired) electrons. The SMILES string of the molecule is CC1(C)CC(C)(C)c2cc3c(cc21)nc1c2cccc(F)c2ccn31. The van der Waals surface area contributed by atoms with Gasteiger partial charge in [-0.2, -0.15) is 0 Å². The highest BCUT2D eigenvalue weighted by Gasteiger charge is 2.42. The highest BCUT2D eigenvalue weighted by molar-refractivity contribution is 5.98. The van der Waals surface area contributed by atoms with E-state index in [1.807, 2.05) is 18.3 Å². The van der Waals surface area contributed by atoms with E-state index in [9.17, 15) is 4.39 Å². The molecule has 2 aromatic carbocycles. The first-order valence-electron chi connectivity index (χ1n) is 8.82. The van der Waals surface area contributed by atoms with E-state index in [4.69, 9.17) is 4.98 Å². The summed E-state index contributed by atoms with van der Waals surface area (Å²) in [7, 11) is 0. The molecule has 126 valence electrons. The van der Waals surface area contributed by atoms with Gasteiger partial charge in [0.05, 0.1) is 11.0 Å². The van der Waals surface area contributed by atoms with Gasteiger partial charge in [0.15, 0.2) is 0 Å². The van der Waals surface area contributed by atoms with Crippen LogP contribution in [0.4, 0.5) is 4.39 Å². The first-order chi connectivity index (χ1) is 11.8. The van der Waals surface area contributed by atoms with Crippen LogP contribution in [0.3, 0.4) is 0 Å². The number of aromatic nitrogens is 2. The van der Waals surface area contributed by atoms with Crippen LogP contribution in [0.25, 0.3) is 27.5 Å². The Labute approximate surface area is 146 Å². The molecule has 5 rings (SSSR count). The molecule has 0 atom stereocenters. The molecule has 0 amide bonds. The summed E-state index contributed by atoms with van der Waals surface area (Å²) in [5.41, 5.74) is 6.02. The molecular weight excluding hydrogens is 311 g/mol. The third kappa shape index (κ3) is 1.87. The predicted molar refractivity (Wildman–Crippen MR) is 101 cm³/mol. The molecule has 25 heavy (non-hydrogen) atoms. The molecule has 0 saturated carbocycles. The first kappa shape index (κ1) is 14.9. The van der Waals surface area contributed by atoms with Gasteiger partial charge in [-0.05, 0) is 52.6 Å². The van der Waals surface area contributed by atoms with Gasteiger partial charge in [0.2, 0.25) is 0 Å². The van der Waals surface area contributed by atoms with Crippen LogP contribution in [0, 0.1) is 5.82 Å². The number of benzene rings is 2. The van der Waals surface area contributed by atoms with E-state index in [-0.39, 0.29) is 16.6 Å². The molecule has 0 spiro atoms. The lowest BCUT2D eigenvalue weighted by Crippen LogP contribution is -2.17. The molecule has 0 saturated heterocycles. The minimum absolute atomic E-state index is 0.150. The van der Waals surface area contributed by atoms with Crippen molar-refractivity contribution in [3.05, 3.63) is 59.5 Å². The van der Waals surface area contributed by atoms with E-state index in [2.05, 4.69) is 44.2 Å². The van der Waals surface area contributed by atoms with Crippen molar-refractivity contribution in [2.45, 2.75) is 44.9 Å². The van der Waals surface area contributed by atoms with Crippen LogP contribution in [0.2, 0.25) is 0 Å². The molecule has 0 unspecified atom stereocenters. The van der Waals surface area contributed by atoms with Crippen molar-refractivity contribution in [2.24, 2.45) is 0 Å². The number of halogens is 1. The Hall–Kier alpha value is -2.42. The average Bonchev–Trinajstić information content (AvgIpc) is 2.99. The highest BCUT2D eigenvalue weighted by atomic mass is 19.1. The summed E-state index contributed by atoms with van der Waals surface area (Å²) >= 11 is 0. The smallest absolute Gasteiger partial charge is 0.145 e. The summed E-state index contributed by atoms with van der Waals surface area (Å²) in [6, 6.07) is 11.6. The minimum atomic E-state index is -0.197. The van der Waals surface area contributed by atoms with Gasteiger partial charge in [0.25, 0.3) is 0 Å². The van der Waals surface area contributed by atoms with Gasteiger partial charge in [0, 0.05) is 17.0 Å². The molecule has 0 aliphatic heterocycles. The third-order valence-corrected chi connectivity index (χ3v) is 5.86. The second-order valence-electron chi connectivity index (χ2n) is 8.65. The zero-order valence-corrected chi connectivity index (χ0v) is 15.0. The Bertz CT molecular complexity index is 1180. The van der Waals surface area contributed by atoms with Crippen LogP contribution in [0.5, 0.6) is 0 Å². The van der Waals surface area contributed by atoms with Crippen LogP contribution in [-0.4, -0.2) is 9.38 Å². The monoisotopic (exact) mass is 332 g/mol. The molecule has 0 N–H and O–H groups in total. The van der Waals surface area contributed by atoms with Gasteiger partial charge in [-0.15, -0.1) is 0 Å². The summed E-state index contributed by atoms with van der Waals surface area (Å²) < 4.78 is 16.2. The van der Waals surface area contributed by atoms with Gasteiger partial charge in [-0.25, -0.2) is 9.37 Å². The molecular formula is C22H21FN2. The third-order valence-electron chi connectivity index (χ3n) is 5.86. The van der Waals surface area contributed by atoms with Crippen molar-refractivity contribution in [1.29, 1.82) is 0 Å². The quantitative estimate of drug-likeness (QED) is 0.401. The highest BCUT2D eigenvalue weighted by Crippen LogP contribution is 2.50. The lowest BCUT2D eigenvalue weighted by atomic mass is 9.82. The van der Waals surface area contributed by atoms with Gasteiger partial charge in [-0.1, -0.05) is 39.8 Å². The number of fused-ring (bicyclic) bond motifs is 6. The summed E-state index contributed by atoms with van der Waals surface area (Å²) in [5, 5.41) is 1.48. The van der Waals surface area contributed by atoms with Crippen LogP contribution >= 0.6 is 0 Å². The van der Waals surface area contributed by atoms with Gasteiger partial charge < -0.3 is 0 Å². The second-order valence-corrected chi connectivity index (χ2v) is 8.65. The van der Waals surface area contributed by atoms with Crippen LogP contribution in [0.1, 0.15) is 45.2 Å². The van der Waals surface area contributed by atoms with Crippen LogP contribution in [-0.2, 0) is 10.8 Å². The van der Waals surface area contributed by atoms with Crippen molar-refractivity contribution in [2.75, 3.05) is 0 Å². The topological polar surface area (TPSA) is 17.3 Å². The second kappa shape index (κ2) is 4.40.